The molecular weight excluding hydrogens is 490 g/mol. The van der Waals surface area contributed by atoms with Crippen LogP contribution in [0.5, 0.6) is 11.5 Å². The van der Waals surface area contributed by atoms with Gasteiger partial charge in [-0.3, -0.25) is 9.59 Å². The van der Waals surface area contributed by atoms with E-state index in [1.54, 1.807) is 55.5 Å². The molecule has 1 aliphatic heterocycles. The van der Waals surface area contributed by atoms with E-state index in [4.69, 9.17) is 21.1 Å². The monoisotopic (exact) mass is 517 g/mol. The molecule has 0 saturated heterocycles. The van der Waals surface area contributed by atoms with Gasteiger partial charge in [0.15, 0.2) is 18.1 Å². The molecule has 0 radical (unpaired) electrons. The van der Waals surface area contributed by atoms with Gasteiger partial charge in [0.05, 0.1) is 28.6 Å². The normalized spacial score (nSPS) is 14.0. The van der Waals surface area contributed by atoms with E-state index in [0.717, 1.165) is 17.5 Å². The molecule has 3 aromatic carbocycles. The van der Waals surface area contributed by atoms with Gasteiger partial charge in [-0.25, -0.2) is 0 Å². The Morgan fingerprint density at radius 1 is 1.03 bits per heavy atom. The van der Waals surface area contributed by atoms with Crippen molar-refractivity contribution in [3.05, 3.63) is 94.5 Å². The maximum absolute atomic E-state index is 13.1. The van der Waals surface area contributed by atoms with Crippen molar-refractivity contribution in [2.75, 3.05) is 24.8 Å². The number of amides is 2. The zero-order chi connectivity index (χ0) is 26.2. The number of hydrogen-bond donors (Lipinski definition) is 1. The third kappa shape index (κ3) is 6.57. The Morgan fingerprint density at radius 2 is 1.78 bits per heavy atom. The number of nitrogens with zero attached hydrogens (tertiary/aromatic N) is 2. The number of nitrogens with one attached hydrogen (secondary N) is 1. The molecule has 0 saturated carbocycles. The molecule has 0 fully saturated rings. The molecule has 0 bridgehead atoms. The summed E-state index contributed by atoms with van der Waals surface area (Å²) in [6, 6.07) is 22.3. The van der Waals surface area contributed by atoms with E-state index in [9.17, 15) is 9.59 Å². The summed E-state index contributed by atoms with van der Waals surface area (Å²) in [5.74, 6) is 0.448. The van der Waals surface area contributed by atoms with Crippen LogP contribution in [-0.4, -0.2) is 37.3 Å². The first-order valence-corrected chi connectivity index (χ1v) is 12.4. The van der Waals surface area contributed by atoms with Gasteiger partial charge in [0, 0.05) is 6.54 Å². The van der Waals surface area contributed by atoms with E-state index in [1.807, 2.05) is 37.3 Å². The first-order valence-electron chi connectivity index (χ1n) is 12.0. The molecule has 190 valence electrons. The van der Waals surface area contributed by atoms with Crippen molar-refractivity contribution in [3.8, 4) is 11.5 Å². The number of carbonyl (C=O) groups excluding carboxylic acids is 2. The van der Waals surface area contributed by atoms with Crippen molar-refractivity contribution < 1.29 is 19.1 Å². The van der Waals surface area contributed by atoms with E-state index in [1.165, 1.54) is 5.01 Å². The van der Waals surface area contributed by atoms with Crippen LogP contribution < -0.4 is 19.8 Å². The van der Waals surface area contributed by atoms with Crippen molar-refractivity contribution in [3.63, 3.8) is 0 Å². The molecular formula is C29H28ClN3O4. The van der Waals surface area contributed by atoms with Crippen LogP contribution in [0.15, 0.2) is 83.5 Å². The van der Waals surface area contributed by atoms with Crippen LogP contribution in [0.25, 0.3) is 6.08 Å². The average molecular weight is 518 g/mol. The summed E-state index contributed by atoms with van der Waals surface area (Å²) in [5, 5.41) is 9.01. The molecule has 1 heterocycles. The molecule has 37 heavy (non-hydrogen) atoms. The molecule has 2 amide bonds. The smallest absolute Gasteiger partial charge is 0.280 e. The number of benzene rings is 3. The zero-order valence-electron chi connectivity index (χ0n) is 20.7. The quantitative estimate of drug-likeness (QED) is 0.371. The summed E-state index contributed by atoms with van der Waals surface area (Å²) in [7, 11) is 0. The summed E-state index contributed by atoms with van der Waals surface area (Å²) in [6.07, 6.45) is 2.50. The zero-order valence-corrected chi connectivity index (χ0v) is 21.5. The van der Waals surface area contributed by atoms with Crippen LogP contribution in [0, 0.1) is 0 Å². The van der Waals surface area contributed by atoms with Crippen molar-refractivity contribution in [1.82, 2.24) is 5.32 Å². The molecule has 0 aliphatic carbocycles. The third-order valence-corrected chi connectivity index (χ3v) is 5.98. The third-order valence-electron chi connectivity index (χ3n) is 5.66. The Bertz CT molecular complexity index is 1340. The molecule has 3 aromatic rings. The SMILES string of the molecule is CCOc1cc(C=C2C(=O)N(c3ccccc3Cl)N=C2C)ccc1OCC(=O)NCCc1ccccc1. The predicted octanol–water partition coefficient (Wildman–Crippen LogP) is 5.28. The lowest BCUT2D eigenvalue weighted by Gasteiger charge is -2.14. The number of rotatable bonds is 10. The van der Waals surface area contributed by atoms with Gasteiger partial charge >= 0.3 is 0 Å². The van der Waals surface area contributed by atoms with Gasteiger partial charge < -0.3 is 14.8 Å². The summed E-state index contributed by atoms with van der Waals surface area (Å²) in [4.78, 5) is 25.4. The van der Waals surface area contributed by atoms with Crippen LogP contribution in [0.3, 0.4) is 0 Å². The highest BCUT2D eigenvalue weighted by Crippen LogP contribution is 2.33. The molecule has 1 N–H and O–H groups in total. The second kappa shape index (κ2) is 12.2. The largest absolute Gasteiger partial charge is 0.490 e. The standard InChI is InChI=1S/C29H28ClN3O4/c1-3-36-27-18-22(17-23-20(2)32-33(29(23)35)25-12-8-7-11-24(25)30)13-14-26(27)37-19-28(34)31-16-15-21-9-5-4-6-10-21/h4-14,17-18H,3,15-16,19H2,1-2H3,(H,31,34). The molecule has 0 unspecified atom stereocenters. The highest BCUT2D eigenvalue weighted by molar-refractivity contribution is 6.37. The Labute approximate surface area is 221 Å². The fourth-order valence-corrected chi connectivity index (χ4v) is 4.04. The number of hydrazone groups is 1. The Balaban J connectivity index is 1.41. The Kier molecular flexibility index (Phi) is 8.59. The molecule has 8 heteroatoms. The minimum absolute atomic E-state index is 0.133. The molecule has 7 nitrogen and oxygen atoms in total. The fraction of sp³-hybridized carbons (Fsp3) is 0.207. The Hall–Kier alpha value is -4.10. The van der Waals surface area contributed by atoms with Crippen molar-refractivity contribution >= 4 is 40.9 Å². The van der Waals surface area contributed by atoms with Gasteiger partial charge in [-0.2, -0.15) is 10.1 Å². The van der Waals surface area contributed by atoms with Gasteiger partial charge in [-0.05, 0) is 61.7 Å². The molecule has 0 spiro atoms. The predicted molar refractivity (Wildman–Crippen MR) is 146 cm³/mol. The van der Waals surface area contributed by atoms with E-state index in [0.29, 0.717) is 46.6 Å². The topological polar surface area (TPSA) is 80.2 Å². The summed E-state index contributed by atoms with van der Waals surface area (Å²) in [5.41, 5.74) is 3.45. The van der Waals surface area contributed by atoms with Gasteiger partial charge in [-0.1, -0.05) is 60.1 Å². The Morgan fingerprint density at radius 3 is 2.54 bits per heavy atom. The van der Waals surface area contributed by atoms with Gasteiger partial charge in [0.1, 0.15) is 0 Å². The van der Waals surface area contributed by atoms with Crippen LogP contribution in [0.2, 0.25) is 5.02 Å². The van der Waals surface area contributed by atoms with E-state index in [-0.39, 0.29) is 18.4 Å². The lowest BCUT2D eigenvalue weighted by Crippen LogP contribution is -2.30. The second-order valence-corrected chi connectivity index (χ2v) is 8.73. The number of hydrogen-bond acceptors (Lipinski definition) is 5. The van der Waals surface area contributed by atoms with Crippen LogP contribution in [0.4, 0.5) is 5.69 Å². The highest BCUT2D eigenvalue weighted by Gasteiger charge is 2.29. The van der Waals surface area contributed by atoms with Crippen molar-refractivity contribution in [1.29, 1.82) is 0 Å². The van der Waals surface area contributed by atoms with Gasteiger partial charge in [0.2, 0.25) is 0 Å². The summed E-state index contributed by atoms with van der Waals surface area (Å²) >= 11 is 6.26. The number of para-hydroxylation sites is 1. The lowest BCUT2D eigenvalue weighted by molar-refractivity contribution is -0.123. The van der Waals surface area contributed by atoms with E-state index < -0.39 is 0 Å². The molecule has 4 rings (SSSR count). The fourth-order valence-electron chi connectivity index (χ4n) is 3.82. The average Bonchev–Trinajstić information content (AvgIpc) is 3.17. The highest BCUT2D eigenvalue weighted by atomic mass is 35.5. The van der Waals surface area contributed by atoms with E-state index >= 15 is 0 Å². The lowest BCUT2D eigenvalue weighted by atomic mass is 10.1. The summed E-state index contributed by atoms with van der Waals surface area (Å²) < 4.78 is 11.5. The van der Waals surface area contributed by atoms with Crippen molar-refractivity contribution in [2.24, 2.45) is 5.10 Å². The summed E-state index contributed by atoms with van der Waals surface area (Å²) in [6.45, 7) is 4.45. The van der Waals surface area contributed by atoms with Crippen LogP contribution in [0.1, 0.15) is 25.0 Å². The first kappa shape index (κ1) is 26.0. The number of halogens is 1. The minimum Gasteiger partial charge on any atom is -0.490 e. The van der Waals surface area contributed by atoms with Gasteiger partial charge in [-0.15, -0.1) is 0 Å². The van der Waals surface area contributed by atoms with Crippen molar-refractivity contribution in [2.45, 2.75) is 20.3 Å². The van der Waals surface area contributed by atoms with Gasteiger partial charge in [0.25, 0.3) is 11.8 Å². The number of ether oxygens (including phenoxy) is 2. The second-order valence-electron chi connectivity index (χ2n) is 8.33. The molecule has 1 aliphatic rings. The maximum Gasteiger partial charge on any atom is 0.280 e. The molecule has 0 atom stereocenters. The van der Waals surface area contributed by atoms with E-state index in [2.05, 4.69) is 10.4 Å². The molecule has 0 aromatic heterocycles. The van der Waals surface area contributed by atoms with Crippen LogP contribution >= 0.6 is 11.6 Å². The van der Waals surface area contributed by atoms with Crippen LogP contribution in [-0.2, 0) is 16.0 Å². The first-order chi connectivity index (χ1) is 18.0. The maximum atomic E-state index is 13.1. The minimum atomic E-state index is -0.268. The number of carbonyl (C=O) groups is 2. The number of anilines is 1.